The molecule has 1 aliphatic heterocycles. The third kappa shape index (κ3) is 5.02. The molecule has 0 N–H and O–H groups in total. The van der Waals surface area contributed by atoms with Crippen LogP contribution in [0.4, 0.5) is 13.2 Å². The summed E-state index contributed by atoms with van der Waals surface area (Å²) in [5.41, 5.74) is 0.267. The second kappa shape index (κ2) is 9.10. The predicted molar refractivity (Wildman–Crippen MR) is 93.8 cm³/mol. The van der Waals surface area contributed by atoms with Crippen molar-refractivity contribution in [1.82, 2.24) is 0 Å². The highest BCUT2D eigenvalue weighted by molar-refractivity contribution is 5.83. The van der Waals surface area contributed by atoms with Crippen molar-refractivity contribution in [1.29, 1.82) is 0 Å². The number of rotatable bonds is 7. The van der Waals surface area contributed by atoms with E-state index in [9.17, 15) is 18.0 Å². The van der Waals surface area contributed by atoms with E-state index in [1.807, 2.05) is 6.08 Å². The number of carbonyl (C=O) groups excluding carboxylic acids is 1. The number of hydrogen-bond acceptors (Lipinski definition) is 3. The molecule has 6 heteroatoms. The lowest BCUT2D eigenvalue weighted by atomic mass is 9.92. The van der Waals surface area contributed by atoms with E-state index in [2.05, 4.69) is 6.92 Å². The van der Waals surface area contributed by atoms with Crippen LogP contribution < -0.4 is 4.74 Å². The van der Waals surface area contributed by atoms with Gasteiger partial charge >= 0.3 is 12.1 Å². The van der Waals surface area contributed by atoms with Crippen LogP contribution in [0.25, 0.3) is 5.57 Å². The van der Waals surface area contributed by atoms with Gasteiger partial charge in [0.2, 0.25) is 0 Å². The fraction of sp³-hybridized carbons (Fsp3) is 0.550. The summed E-state index contributed by atoms with van der Waals surface area (Å²) in [5, 5.41) is 0. The van der Waals surface area contributed by atoms with Gasteiger partial charge in [-0.2, -0.15) is 13.2 Å². The van der Waals surface area contributed by atoms with Gasteiger partial charge in [0.15, 0.2) is 6.10 Å². The van der Waals surface area contributed by atoms with Crippen molar-refractivity contribution in [3.63, 3.8) is 0 Å². The molecule has 1 aliphatic rings. The van der Waals surface area contributed by atoms with Crippen LogP contribution >= 0.6 is 0 Å². The maximum Gasteiger partial charge on any atom is 0.419 e. The summed E-state index contributed by atoms with van der Waals surface area (Å²) < 4.78 is 50.5. The molecule has 0 saturated heterocycles. The molecule has 0 amide bonds. The van der Waals surface area contributed by atoms with Gasteiger partial charge in [-0.25, -0.2) is 4.79 Å². The van der Waals surface area contributed by atoms with Gasteiger partial charge in [-0.1, -0.05) is 44.4 Å². The van der Waals surface area contributed by atoms with E-state index < -0.39 is 23.8 Å². The van der Waals surface area contributed by atoms with Crippen molar-refractivity contribution < 1.29 is 27.4 Å². The second-order valence-corrected chi connectivity index (χ2v) is 6.32. The first kappa shape index (κ1) is 20.3. The Hall–Kier alpha value is -1.98. The van der Waals surface area contributed by atoms with Crippen molar-refractivity contribution in [2.45, 2.75) is 64.7 Å². The third-order valence-corrected chi connectivity index (χ3v) is 4.33. The van der Waals surface area contributed by atoms with Gasteiger partial charge in [0.25, 0.3) is 0 Å². The number of esters is 1. The van der Waals surface area contributed by atoms with Crippen LogP contribution in [0.3, 0.4) is 0 Å². The van der Waals surface area contributed by atoms with Crippen LogP contribution in [0, 0.1) is 0 Å². The quantitative estimate of drug-likeness (QED) is 0.451. The lowest BCUT2D eigenvalue weighted by molar-refractivity contribution is -0.153. The highest BCUT2D eigenvalue weighted by Crippen LogP contribution is 2.44. The molecule has 26 heavy (non-hydrogen) atoms. The molecule has 0 aliphatic carbocycles. The number of unbranched alkanes of at least 4 members (excludes halogenated alkanes) is 4. The van der Waals surface area contributed by atoms with Gasteiger partial charge < -0.3 is 9.47 Å². The first-order chi connectivity index (χ1) is 12.4. The molecule has 144 valence electrons. The highest BCUT2D eigenvalue weighted by Gasteiger charge is 2.39. The summed E-state index contributed by atoms with van der Waals surface area (Å²) in [7, 11) is 0. The Morgan fingerprint density at radius 1 is 1.27 bits per heavy atom. The molecule has 0 bridgehead atoms. The maximum atomic E-state index is 13.4. The molecular formula is C20H25F3O3. The molecule has 3 nitrogen and oxygen atoms in total. The van der Waals surface area contributed by atoms with Gasteiger partial charge in [-0.3, -0.25) is 0 Å². The number of carbonyl (C=O) groups is 1. The average molecular weight is 370 g/mol. The van der Waals surface area contributed by atoms with E-state index in [0.29, 0.717) is 11.1 Å². The van der Waals surface area contributed by atoms with E-state index in [4.69, 9.17) is 9.47 Å². The summed E-state index contributed by atoms with van der Waals surface area (Å²) in [6.07, 6.45) is 1.62. The van der Waals surface area contributed by atoms with E-state index in [-0.39, 0.29) is 18.8 Å². The Kier molecular flexibility index (Phi) is 7.12. The minimum absolute atomic E-state index is 0.155. The molecule has 1 heterocycles. The molecule has 0 saturated carbocycles. The van der Waals surface area contributed by atoms with Crippen molar-refractivity contribution >= 4 is 11.5 Å². The van der Waals surface area contributed by atoms with Crippen molar-refractivity contribution in [2.24, 2.45) is 0 Å². The Morgan fingerprint density at radius 3 is 2.69 bits per heavy atom. The Labute approximate surface area is 152 Å². The standard InChI is InChI=1S/C20H25F3O3/c1-3-5-6-7-8-10-14-13-17(19(24)25-4-2)26-18-15(14)11-9-12-16(18)20(21,22)23/h9-12,17H,3-8,13H2,1-2H3/b14-10+. The van der Waals surface area contributed by atoms with Gasteiger partial charge in [0, 0.05) is 12.0 Å². The van der Waals surface area contributed by atoms with Crippen LogP contribution in [0.5, 0.6) is 5.75 Å². The van der Waals surface area contributed by atoms with Crippen LogP contribution in [0.2, 0.25) is 0 Å². The van der Waals surface area contributed by atoms with Gasteiger partial charge in [0.05, 0.1) is 12.2 Å². The van der Waals surface area contributed by atoms with E-state index >= 15 is 0 Å². The zero-order valence-electron chi connectivity index (χ0n) is 15.2. The number of benzene rings is 1. The monoisotopic (exact) mass is 370 g/mol. The first-order valence-electron chi connectivity index (χ1n) is 9.11. The largest absolute Gasteiger partial charge is 0.477 e. The average Bonchev–Trinajstić information content (AvgIpc) is 2.60. The van der Waals surface area contributed by atoms with Gasteiger partial charge in [-0.15, -0.1) is 0 Å². The second-order valence-electron chi connectivity index (χ2n) is 6.32. The maximum absolute atomic E-state index is 13.4. The molecule has 0 spiro atoms. The van der Waals surface area contributed by atoms with Crippen LogP contribution in [0.1, 0.15) is 63.5 Å². The molecule has 1 aromatic rings. The Bertz CT molecular complexity index is 650. The molecule has 1 unspecified atom stereocenters. The zero-order chi connectivity index (χ0) is 19.2. The topological polar surface area (TPSA) is 35.5 Å². The van der Waals surface area contributed by atoms with E-state index in [1.165, 1.54) is 6.07 Å². The summed E-state index contributed by atoms with van der Waals surface area (Å²) >= 11 is 0. The van der Waals surface area contributed by atoms with Crippen molar-refractivity contribution in [2.75, 3.05) is 6.61 Å². The summed E-state index contributed by atoms with van der Waals surface area (Å²) in [4.78, 5) is 12.1. The van der Waals surface area contributed by atoms with Crippen LogP contribution in [0.15, 0.2) is 24.3 Å². The lowest BCUT2D eigenvalue weighted by Crippen LogP contribution is -2.33. The van der Waals surface area contributed by atoms with E-state index in [0.717, 1.165) is 38.2 Å². The fourth-order valence-electron chi connectivity index (χ4n) is 3.04. The molecule has 0 aromatic heterocycles. The normalized spacial score (nSPS) is 18.3. The van der Waals surface area contributed by atoms with Crippen molar-refractivity contribution in [3.8, 4) is 5.75 Å². The number of allylic oxidation sites excluding steroid dienone is 1. The summed E-state index contributed by atoms with van der Waals surface area (Å²) in [6.45, 7) is 3.93. The van der Waals surface area contributed by atoms with Crippen molar-refractivity contribution in [3.05, 3.63) is 35.4 Å². The van der Waals surface area contributed by atoms with Crippen LogP contribution in [-0.2, 0) is 15.7 Å². The smallest absolute Gasteiger partial charge is 0.419 e. The number of alkyl halides is 3. The third-order valence-electron chi connectivity index (χ3n) is 4.33. The predicted octanol–water partition coefficient (Wildman–Crippen LogP) is 5.77. The molecule has 0 fully saturated rings. The number of fused-ring (bicyclic) bond motifs is 1. The SMILES string of the molecule is CCCCCC/C=C1\CC(C(=O)OCC)Oc2c1cccc2C(F)(F)F. The first-order valence-corrected chi connectivity index (χ1v) is 9.11. The fourth-order valence-corrected chi connectivity index (χ4v) is 3.04. The Balaban J connectivity index is 2.34. The summed E-state index contributed by atoms with van der Waals surface area (Å²) in [6, 6.07) is 3.97. The van der Waals surface area contributed by atoms with Gasteiger partial charge in [-0.05, 0) is 31.4 Å². The van der Waals surface area contributed by atoms with Crippen LogP contribution in [-0.4, -0.2) is 18.7 Å². The lowest BCUT2D eigenvalue weighted by Gasteiger charge is -2.29. The minimum Gasteiger partial charge on any atom is -0.477 e. The highest BCUT2D eigenvalue weighted by atomic mass is 19.4. The number of hydrogen-bond donors (Lipinski definition) is 0. The molecule has 1 atom stereocenters. The Morgan fingerprint density at radius 2 is 2.04 bits per heavy atom. The van der Waals surface area contributed by atoms with Gasteiger partial charge in [0.1, 0.15) is 5.75 Å². The molecule has 0 radical (unpaired) electrons. The zero-order valence-corrected chi connectivity index (χ0v) is 15.2. The molecule has 1 aromatic carbocycles. The number of halogens is 3. The minimum atomic E-state index is -4.55. The molecular weight excluding hydrogens is 345 g/mol. The van der Waals surface area contributed by atoms with E-state index in [1.54, 1.807) is 13.0 Å². The summed E-state index contributed by atoms with van der Waals surface area (Å²) in [5.74, 6) is -0.906. The molecule has 2 rings (SSSR count). The number of ether oxygens (including phenoxy) is 2. The number of para-hydroxylation sites is 1.